The first kappa shape index (κ1) is 7.68. The fourth-order valence-electron chi connectivity index (χ4n) is 1.34. The molecule has 0 fully saturated rings. The molecule has 1 aromatic carbocycles. The van der Waals surface area contributed by atoms with Crippen molar-refractivity contribution in [1.82, 2.24) is 0 Å². The maximum atomic E-state index is 11.1. The average Bonchev–Trinajstić information content (AvgIpc) is 2.41. The molecule has 0 saturated heterocycles. The molecule has 0 N–H and O–H groups in total. The van der Waals surface area contributed by atoms with Gasteiger partial charge in [0.1, 0.15) is 6.61 Å². The zero-order valence-electron chi connectivity index (χ0n) is 6.63. The van der Waals surface area contributed by atoms with Crippen molar-refractivity contribution < 1.29 is 9.53 Å². The number of cyclic esters (lactones) is 1. The first-order valence-electron chi connectivity index (χ1n) is 3.68. The van der Waals surface area contributed by atoms with Gasteiger partial charge < -0.3 is 4.74 Å². The van der Waals surface area contributed by atoms with E-state index in [1.165, 1.54) is 0 Å². The summed E-state index contributed by atoms with van der Waals surface area (Å²) in [5, 5.41) is 0. The van der Waals surface area contributed by atoms with Crippen molar-refractivity contribution in [3.63, 3.8) is 0 Å². The van der Waals surface area contributed by atoms with Crippen molar-refractivity contribution in [2.75, 3.05) is 0 Å². The molecule has 3 heteroatoms. The molecule has 0 atom stereocenters. The second-order valence-electron chi connectivity index (χ2n) is 2.81. The van der Waals surface area contributed by atoms with Gasteiger partial charge in [0.2, 0.25) is 0 Å². The van der Waals surface area contributed by atoms with Crippen molar-refractivity contribution >= 4 is 18.6 Å². The monoisotopic (exact) mass is 180 g/mol. The van der Waals surface area contributed by atoms with E-state index >= 15 is 0 Å². The van der Waals surface area contributed by atoms with Crippen LogP contribution in [0.4, 0.5) is 0 Å². The van der Waals surface area contributed by atoms with Crippen LogP contribution in [0.25, 0.3) is 0 Å². The van der Waals surface area contributed by atoms with Gasteiger partial charge in [0, 0.05) is 10.5 Å². The Kier molecular flexibility index (Phi) is 1.61. The lowest BCUT2D eigenvalue weighted by Crippen LogP contribution is -1.93. The first-order valence-corrected chi connectivity index (χ1v) is 4.13. The first-order chi connectivity index (χ1) is 5.70. The Bertz CT molecular complexity index is 358. The second kappa shape index (κ2) is 2.52. The predicted octanol–water partition coefficient (Wildman–Crippen LogP) is 1.95. The molecular weight excluding hydrogens is 172 g/mol. The highest BCUT2D eigenvalue weighted by molar-refractivity contribution is 7.80. The third kappa shape index (κ3) is 0.932. The maximum absolute atomic E-state index is 11.1. The number of ether oxygens (including phenoxy) is 1. The summed E-state index contributed by atoms with van der Waals surface area (Å²) < 4.78 is 4.89. The highest BCUT2D eigenvalue weighted by Crippen LogP contribution is 2.27. The van der Waals surface area contributed by atoms with Crippen LogP contribution in [0.5, 0.6) is 0 Å². The lowest BCUT2D eigenvalue weighted by atomic mass is 10.0. The fourth-order valence-corrected chi connectivity index (χ4v) is 1.55. The van der Waals surface area contributed by atoms with Gasteiger partial charge in [-0.15, -0.1) is 12.6 Å². The quantitative estimate of drug-likeness (QED) is 0.488. The third-order valence-corrected chi connectivity index (χ3v) is 2.62. The molecule has 1 aliphatic rings. The fraction of sp³-hybridized carbons (Fsp3) is 0.222. The topological polar surface area (TPSA) is 26.3 Å². The Hall–Kier alpha value is -0.960. The van der Waals surface area contributed by atoms with Crippen molar-refractivity contribution in [3.8, 4) is 0 Å². The van der Waals surface area contributed by atoms with Crippen molar-refractivity contribution in [2.45, 2.75) is 18.4 Å². The van der Waals surface area contributed by atoms with E-state index in [0.717, 1.165) is 16.0 Å². The molecule has 0 amide bonds. The lowest BCUT2D eigenvalue weighted by molar-refractivity contribution is 0.0535. The van der Waals surface area contributed by atoms with Crippen LogP contribution in [0.3, 0.4) is 0 Å². The molecule has 0 bridgehead atoms. The van der Waals surface area contributed by atoms with Crippen molar-refractivity contribution in [2.24, 2.45) is 0 Å². The van der Waals surface area contributed by atoms with Crippen LogP contribution in [0.1, 0.15) is 21.5 Å². The van der Waals surface area contributed by atoms with Gasteiger partial charge >= 0.3 is 5.97 Å². The van der Waals surface area contributed by atoms with Crippen LogP contribution < -0.4 is 0 Å². The van der Waals surface area contributed by atoms with Crippen LogP contribution in [0, 0.1) is 6.92 Å². The summed E-state index contributed by atoms with van der Waals surface area (Å²) in [4.78, 5) is 12.0. The number of rotatable bonds is 0. The van der Waals surface area contributed by atoms with Gasteiger partial charge in [0.15, 0.2) is 0 Å². The summed E-state index contributed by atoms with van der Waals surface area (Å²) in [6.45, 7) is 2.34. The van der Waals surface area contributed by atoms with Crippen LogP contribution in [0.2, 0.25) is 0 Å². The van der Waals surface area contributed by atoms with Crippen molar-refractivity contribution in [1.29, 1.82) is 0 Å². The largest absolute Gasteiger partial charge is 0.457 e. The SMILES string of the molecule is Cc1c(S)ccc2c1COC2=O. The van der Waals surface area contributed by atoms with Crippen LogP contribution in [-0.2, 0) is 11.3 Å². The van der Waals surface area contributed by atoms with Gasteiger partial charge in [-0.1, -0.05) is 0 Å². The average molecular weight is 180 g/mol. The Morgan fingerprint density at radius 2 is 2.25 bits per heavy atom. The molecule has 0 unspecified atom stereocenters. The van der Waals surface area contributed by atoms with Gasteiger partial charge in [-0.25, -0.2) is 4.79 Å². The lowest BCUT2D eigenvalue weighted by Gasteiger charge is -2.01. The predicted molar refractivity (Wildman–Crippen MR) is 47.6 cm³/mol. The molecule has 62 valence electrons. The standard InChI is InChI=1S/C9H8O2S/c1-5-7-4-11-9(10)6(7)2-3-8(5)12/h2-3,12H,4H2,1H3. The molecule has 2 nitrogen and oxygen atoms in total. The summed E-state index contributed by atoms with van der Waals surface area (Å²) in [7, 11) is 0. The Labute approximate surface area is 76.0 Å². The summed E-state index contributed by atoms with van der Waals surface area (Å²) in [6.07, 6.45) is 0. The van der Waals surface area contributed by atoms with E-state index in [9.17, 15) is 4.79 Å². The summed E-state index contributed by atoms with van der Waals surface area (Å²) in [6, 6.07) is 3.59. The number of carbonyl (C=O) groups is 1. The number of thiol groups is 1. The minimum atomic E-state index is -0.221. The smallest absolute Gasteiger partial charge is 0.338 e. The maximum Gasteiger partial charge on any atom is 0.338 e. The molecule has 0 aromatic heterocycles. The molecule has 2 rings (SSSR count). The summed E-state index contributed by atoms with van der Waals surface area (Å²) in [5.41, 5.74) is 2.71. The zero-order valence-corrected chi connectivity index (χ0v) is 7.52. The highest BCUT2D eigenvalue weighted by atomic mass is 32.1. The number of benzene rings is 1. The Balaban J connectivity index is 2.68. The van der Waals surface area contributed by atoms with Gasteiger partial charge in [-0.05, 0) is 24.6 Å². The minimum Gasteiger partial charge on any atom is -0.457 e. The molecule has 0 radical (unpaired) electrons. The molecule has 1 aliphatic heterocycles. The van der Waals surface area contributed by atoms with Crippen LogP contribution in [-0.4, -0.2) is 5.97 Å². The van der Waals surface area contributed by atoms with E-state index in [2.05, 4.69) is 12.6 Å². The van der Waals surface area contributed by atoms with Crippen LogP contribution in [0.15, 0.2) is 17.0 Å². The van der Waals surface area contributed by atoms with E-state index in [1.54, 1.807) is 6.07 Å². The molecule has 1 heterocycles. The highest BCUT2D eigenvalue weighted by Gasteiger charge is 2.22. The summed E-state index contributed by atoms with van der Waals surface area (Å²) >= 11 is 4.26. The number of carbonyl (C=O) groups excluding carboxylic acids is 1. The van der Waals surface area contributed by atoms with E-state index in [-0.39, 0.29) is 5.97 Å². The third-order valence-electron chi connectivity index (χ3n) is 2.14. The van der Waals surface area contributed by atoms with Crippen molar-refractivity contribution in [3.05, 3.63) is 28.8 Å². The molecule has 12 heavy (non-hydrogen) atoms. The number of esters is 1. The van der Waals surface area contributed by atoms with Gasteiger partial charge in [0.05, 0.1) is 5.56 Å². The molecule has 0 aliphatic carbocycles. The molecule has 1 aromatic rings. The zero-order chi connectivity index (χ0) is 8.72. The van der Waals surface area contributed by atoms with Crippen LogP contribution >= 0.6 is 12.6 Å². The molecule has 0 spiro atoms. The molecular formula is C9H8O2S. The van der Waals surface area contributed by atoms with Gasteiger partial charge in [0.25, 0.3) is 0 Å². The minimum absolute atomic E-state index is 0.221. The van der Waals surface area contributed by atoms with E-state index < -0.39 is 0 Å². The Morgan fingerprint density at radius 1 is 1.50 bits per heavy atom. The van der Waals surface area contributed by atoms with E-state index in [4.69, 9.17) is 4.74 Å². The van der Waals surface area contributed by atoms with E-state index in [0.29, 0.717) is 12.2 Å². The summed E-state index contributed by atoms with van der Waals surface area (Å²) in [5.74, 6) is -0.221. The molecule has 0 saturated carbocycles. The van der Waals surface area contributed by atoms with E-state index in [1.807, 2.05) is 13.0 Å². The Morgan fingerprint density at radius 3 is 3.00 bits per heavy atom. The number of hydrogen-bond donors (Lipinski definition) is 1. The normalized spacial score (nSPS) is 14.3. The van der Waals surface area contributed by atoms with Gasteiger partial charge in [-0.3, -0.25) is 0 Å². The van der Waals surface area contributed by atoms with Gasteiger partial charge in [-0.2, -0.15) is 0 Å². The number of hydrogen-bond acceptors (Lipinski definition) is 3. The number of fused-ring (bicyclic) bond motifs is 1. The second-order valence-corrected chi connectivity index (χ2v) is 3.29.